The normalized spacial score (nSPS) is 11.7. The van der Waals surface area contributed by atoms with Crippen molar-refractivity contribution in [3.05, 3.63) is 84.7 Å². The minimum absolute atomic E-state index is 0.106. The highest BCUT2D eigenvalue weighted by atomic mass is 32.2. The van der Waals surface area contributed by atoms with E-state index in [-0.39, 0.29) is 17.1 Å². The summed E-state index contributed by atoms with van der Waals surface area (Å²) in [6.45, 7) is 1.43. The van der Waals surface area contributed by atoms with Gasteiger partial charge in [0.1, 0.15) is 4.90 Å². The molecule has 7 heteroatoms. The van der Waals surface area contributed by atoms with E-state index in [1.807, 2.05) is 30.5 Å². The molecule has 0 fully saturated rings. The Kier molecular flexibility index (Phi) is 7.13. The van der Waals surface area contributed by atoms with Crippen molar-refractivity contribution in [1.82, 2.24) is 15.0 Å². The molecule has 29 heavy (non-hydrogen) atoms. The van der Waals surface area contributed by atoms with Crippen molar-refractivity contribution in [2.24, 2.45) is 0 Å². The third-order valence-corrected chi connectivity index (χ3v) is 5.82. The fourth-order valence-corrected chi connectivity index (χ4v) is 3.94. The van der Waals surface area contributed by atoms with Crippen molar-refractivity contribution in [3.8, 4) is 11.1 Å². The van der Waals surface area contributed by atoms with Crippen LogP contribution in [0.4, 0.5) is 5.69 Å². The standard InChI is InChI=1S/C22H24N4O2S/c23-21-7-1-2-8-22(21)29(27,28)26-16-15-24-13-3-5-18-9-11-19(12-10-18)20-6-4-14-25-17-20/h1-12,14,17,24,26H,13,15-16,23H2/b5-3+. The Labute approximate surface area is 171 Å². The lowest BCUT2D eigenvalue weighted by molar-refractivity contribution is 0.579. The SMILES string of the molecule is Nc1ccccc1S(=O)(=O)NCCNC/C=C/c1ccc(-c2cccnc2)cc1. The molecule has 0 unspecified atom stereocenters. The molecule has 3 aromatic rings. The Balaban J connectivity index is 1.40. The first-order valence-electron chi connectivity index (χ1n) is 9.28. The Bertz CT molecular complexity index is 1050. The number of rotatable bonds is 9. The fourth-order valence-electron chi connectivity index (χ4n) is 2.78. The number of nitrogen functional groups attached to an aromatic ring is 1. The molecule has 0 radical (unpaired) electrons. The molecule has 1 aromatic heterocycles. The van der Waals surface area contributed by atoms with Gasteiger partial charge in [-0.25, -0.2) is 13.1 Å². The van der Waals surface area contributed by atoms with Gasteiger partial charge in [0.15, 0.2) is 0 Å². The van der Waals surface area contributed by atoms with E-state index in [9.17, 15) is 8.42 Å². The number of pyridine rings is 1. The number of sulfonamides is 1. The molecule has 0 saturated heterocycles. The van der Waals surface area contributed by atoms with Crippen molar-refractivity contribution in [3.63, 3.8) is 0 Å². The van der Waals surface area contributed by atoms with E-state index >= 15 is 0 Å². The molecule has 6 nitrogen and oxygen atoms in total. The molecular formula is C22H24N4O2S. The summed E-state index contributed by atoms with van der Waals surface area (Å²) in [5.74, 6) is 0. The Morgan fingerprint density at radius 1 is 0.931 bits per heavy atom. The zero-order valence-electron chi connectivity index (χ0n) is 16.0. The molecule has 0 aliphatic rings. The molecule has 4 N–H and O–H groups in total. The second-order valence-electron chi connectivity index (χ2n) is 6.41. The van der Waals surface area contributed by atoms with Gasteiger partial charge in [-0.15, -0.1) is 0 Å². The molecular weight excluding hydrogens is 384 g/mol. The third kappa shape index (κ3) is 5.99. The van der Waals surface area contributed by atoms with Crippen molar-refractivity contribution in [2.45, 2.75) is 4.90 Å². The third-order valence-electron chi connectivity index (χ3n) is 4.28. The summed E-state index contributed by atoms with van der Waals surface area (Å²) in [5.41, 5.74) is 9.28. The highest BCUT2D eigenvalue weighted by molar-refractivity contribution is 7.89. The van der Waals surface area contributed by atoms with Crippen molar-refractivity contribution in [1.29, 1.82) is 0 Å². The van der Waals surface area contributed by atoms with E-state index in [0.717, 1.165) is 16.7 Å². The number of para-hydroxylation sites is 1. The molecule has 0 amide bonds. The summed E-state index contributed by atoms with van der Waals surface area (Å²) in [7, 11) is -3.59. The minimum Gasteiger partial charge on any atom is -0.398 e. The average molecular weight is 409 g/mol. The van der Waals surface area contributed by atoms with Crippen LogP contribution < -0.4 is 15.8 Å². The zero-order valence-corrected chi connectivity index (χ0v) is 16.8. The average Bonchev–Trinajstić information content (AvgIpc) is 2.74. The predicted molar refractivity (Wildman–Crippen MR) is 118 cm³/mol. The topological polar surface area (TPSA) is 97.1 Å². The van der Waals surface area contributed by atoms with Crippen molar-refractivity contribution in [2.75, 3.05) is 25.4 Å². The molecule has 0 spiro atoms. The van der Waals surface area contributed by atoms with Crippen LogP contribution in [0.15, 0.2) is 84.0 Å². The lowest BCUT2D eigenvalue weighted by atomic mass is 10.1. The first-order chi connectivity index (χ1) is 14.1. The second-order valence-corrected chi connectivity index (χ2v) is 8.14. The number of hydrogen-bond acceptors (Lipinski definition) is 5. The second kappa shape index (κ2) is 9.97. The maximum absolute atomic E-state index is 12.2. The first-order valence-corrected chi connectivity index (χ1v) is 10.8. The van der Waals surface area contributed by atoms with Crippen LogP contribution in [0.2, 0.25) is 0 Å². The molecule has 2 aromatic carbocycles. The van der Waals surface area contributed by atoms with Crippen LogP contribution >= 0.6 is 0 Å². The number of hydrogen-bond donors (Lipinski definition) is 3. The van der Waals surface area contributed by atoms with E-state index in [0.29, 0.717) is 13.1 Å². The van der Waals surface area contributed by atoms with Crippen LogP contribution in [0.25, 0.3) is 17.2 Å². The van der Waals surface area contributed by atoms with Gasteiger partial charge in [0.25, 0.3) is 0 Å². The summed E-state index contributed by atoms with van der Waals surface area (Å²) in [4.78, 5) is 4.24. The van der Waals surface area contributed by atoms with Gasteiger partial charge in [-0.05, 0) is 34.9 Å². The molecule has 1 heterocycles. The van der Waals surface area contributed by atoms with Crippen LogP contribution in [0, 0.1) is 0 Å². The Morgan fingerprint density at radius 3 is 2.45 bits per heavy atom. The van der Waals surface area contributed by atoms with Gasteiger partial charge >= 0.3 is 0 Å². The van der Waals surface area contributed by atoms with Gasteiger partial charge in [0.05, 0.1) is 5.69 Å². The van der Waals surface area contributed by atoms with Gasteiger partial charge in [0.2, 0.25) is 10.0 Å². The lowest BCUT2D eigenvalue weighted by Gasteiger charge is -2.09. The predicted octanol–water partition coefficient (Wildman–Crippen LogP) is 2.91. The summed E-state index contributed by atoms with van der Waals surface area (Å²) < 4.78 is 27.0. The maximum Gasteiger partial charge on any atom is 0.242 e. The van der Waals surface area contributed by atoms with Crippen LogP contribution in [0.3, 0.4) is 0 Å². The maximum atomic E-state index is 12.2. The molecule has 150 valence electrons. The van der Waals surface area contributed by atoms with Gasteiger partial charge in [-0.3, -0.25) is 4.98 Å². The van der Waals surface area contributed by atoms with Gasteiger partial charge < -0.3 is 11.1 Å². The smallest absolute Gasteiger partial charge is 0.242 e. The largest absolute Gasteiger partial charge is 0.398 e. The lowest BCUT2D eigenvalue weighted by Crippen LogP contribution is -2.32. The molecule has 0 aliphatic carbocycles. The van der Waals surface area contributed by atoms with Gasteiger partial charge in [-0.2, -0.15) is 0 Å². The van der Waals surface area contributed by atoms with Crippen LogP contribution in [0.1, 0.15) is 5.56 Å². The van der Waals surface area contributed by atoms with Crippen molar-refractivity contribution < 1.29 is 8.42 Å². The van der Waals surface area contributed by atoms with Crippen molar-refractivity contribution >= 4 is 21.8 Å². The molecule has 0 bridgehead atoms. The summed E-state index contributed by atoms with van der Waals surface area (Å²) >= 11 is 0. The molecule has 0 aliphatic heterocycles. The molecule has 0 atom stereocenters. The summed E-state index contributed by atoms with van der Waals surface area (Å²) in [6, 6.07) is 18.6. The van der Waals surface area contributed by atoms with E-state index in [1.54, 1.807) is 24.4 Å². The fraction of sp³-hybridized carbons (Fsp3) is 0.136. The van der Waals surface area contributed by atoms with E-state index in [1.165, 1.54) is 6.07 Å². The highest BCUT2D eigenvalue weighted by Crippen LogP contribution is 2.19. The summed E-state index contributed by atoms with van der Waals surface area (Å²) in [6.07, 6.45) is 7.63. The van der Waals surface area contributed by atoms with E-state index in [4.69, 9.17) is 5.73 Å². The Hall–Kier alpha value is -3.00. The monoisotopic (exact) mass is 408 g/mol. The van der Waals surface area contributed by atoms with Gasteiger partial charge in [0, 0.05) is 32.0 Å². The quantitative estimate of drug-likeness (QED) is 0.374. The Morgan fingerprint density at radius 2 is 1.72 bits per heavy atom. The number of benzene rings is 2. The molecule has 0 saturated carbocycles. The van der Waals surface area contributed by atoms with Gasteiger partial charge in [-0.1, -0.05) is 54.6 Å². The summed E-state index contributed by atoms with van der Waals surface area (Å²) in [5, 5.41) is 3.18. The first kappa shape index (κ1) is 20.7. The number of nitrogens with zero attached hydrogens (tertiary/aromatic N) is 1. The number of anilines is 1. The minimum atomic E-state index is -3.59. The number of aromatic nitrogens is 1. The molecule has 3 rings (SSSR count). The number of nitrogens with two attached hydrogens (primary N) is 1. The van der Waals surface area contributed by atoms with E-state index < -0.39 is 10.0 Å². The highest BCUT2D eigenvalue weighted by Gasteiger charge is 2.15. The van der Waals surface area contributed by atoms with Crippen LogP contribution in [0.5, 0.6) is 0 Å². The van der Waals surface area contributed by atoms with Crippen LogP contribution in [-0.2, 0) is 10.0 Å². The number of nitrogens with one attached hydrogen (secondary N) is 2. The van der Waals surface area contributed by atoms with Crippen LogP contribution in [-0.4, -0.2) is 33.0 Å². The van der Waals surface area contributed by atoms with E-state index in [2.05, 4.69) is 39.3 Å². The zero-order chi connectivity index (χ0) is 20.5.